The fourth-order valence-corrected chi connectivity index (χ4v) is 1.84. The zero-order chi connectivity index (χ0) is 15.2. The fourth-order valence-electron chi connectivity index (χ4n) is 1.84. The van der Waals surface area contributed by atoms with Crippen molar-refractivity contribution in [3.63, 3.8) is 0 Å². The van der Waals surface area contributed by atoms with Crippen molar-refractivity contribution in [1.29, 1.82) is 0 Å². The van der Waals surface area contributed by atoms with Crippen LogP contribution in [0.1, 0.15) is 21.5 Å². The van der Waals surface area contributed by atoms with Gasteiger partial charge in [0.2, 0.25) is 5.91 Å². The quantitative estimate of drug-likeness (QED) is 0.887. The van der Waals surface area contributed by atoms with E-state index in [-0.39, 0.29) is 24.4 Å². The van der Waals surface area contributed by atoms with Gasteiger partial charge in [-0.25, -0.2) is 9.18 Å². The van der Waals surface area contributed by atoms with Crippen LogP contribution in [0.2, 0.25) is 0 Å². The Balaban J connectivity index is 1.89. The smallest absolute Gasteiger partial charge is 0.335 e. The molecule has 21 heavy (non-hydrogen) atoms. The topological polar surface area (TPSA) is 66.4 Å². The predicted octanol–water partition coefficient (Wildman–Crippen LogP) is 2.38. The van der Waals surface area contributed by atoms with Crippen molar-refractivity contribution in [2.75, 3.05) is 0 Å². The second-order valence-corrected chi connectivity index (χ2v) is 4.55. The normalized spacial score (nSPS) is 10.1. The summed E-state index contributed by atoms with van der Waals surface area (Å²) in [4.78, 5) is 22.4. The van der Waals surface area contributed by atoms with Gasteiger partial charge in [-0.2, -0.15) is 0 Å². The first-order chi connectivity index (χ1) is 10.1. The zero-order valence-corrected chi connectivity index (χ0v) is 11.2. The van der Waals surface area contributed by atoms with Crippen LogP contribution in [0.3, 0.4) is 0 Å². The monoisotopic (exact) mass is 287 g/mol. The molecule has 2 N–H and O–H groups in total. The first-order valence-corrected chi connectivity index (χ1v) is 6.38. The third-order valence-corrected chi connectivity index (χ3v) is 3.00. The van der Waals surface area contributed by atoms with Gasteiger partial charge in [0.15, 0.2) is 0 Å². The molecular formula is C16H14FNO3. The lowest BCUT2D eigenvalue weighted by molar-refractivity contribution is -0.120. The van der Waals surface area contributed by atoms with Crippen LogP contribution in [0.15, 0.2) is 48.5 Å². The van der Waals surface area contributed by atoms with E-state index in [4.69, 9.17) is 5.11 Å². The zero-order valence-electron chi connectivity index (χ0n) is 11.2. The molecule has 5 heteroatoms. The molecule has 2 aromatic rings. The summed E-state index contributed by atoms with van der Waals surface area (Å²) in [6, 6.07) is 12.3. The fraction of sp³-hybridized carbons (Fsp3) is 0.125. The molecule has 0 aliphatic rings. The van der Waals surface area contributed by atoms with Gasteiger partial charge < -0.3 is 10.4 Å². The maximum absolute atomic E-state index is 13.4. The van der Waals surface area contributed by atoms with Crippen LogP contribution >= 0.6 is 0 Å². The Hall–Kier alpha value is -2.69. The standard InChI is InChI=1S/C16H14FNO3/c17-14-4-2-1-3-13(14)9-15(19)18-10-11-5-7-12(8-6-11)16(20)21/h1-8H,9-10H2,(H,18,19)(H,20,21). The van der Waals surface area contributed by atoms with Gasteiger partial charge in [-0.15, -0.1) is 0 Å². The molecule has 0 atom stereocenters. The number of hydrogen-bond acceptors (Lipinski definition) is 2. The summed E-state index contributed by atoms with van der Waals surface area (Å²) in [5, 5.41) is 11.4. The molecule has 0 aliphatic carbocycles. The van der Waals surface area contributed by atoms with Gasteiger partial charge in [0.05, 0.1) is 12.0 Å². The second-order valence-electron chi connectivity index (χ2n) is 4.55. The summed E-state index contributed by atoms with van der Waals surface area (Å²) >= 11 is 0. The maximum Gasteiger partial charge on any atom is 0.335 e. The molecule has 2 aromatic carbocycles. The molecule has 0 aromatic heterocycles. The van der Waals surface area contributed by atoms with E-state index in [1.54, 1.807) is 30.3 Å². The highest BCUT2D eigenvalue weighted by molar-refractivity contribution is 5.87. The molecule has 1 amide bonds. The van der Waals surface area contributed by atoms with Crippen LogP contribution < -0.4 is 5.32 Å². The van der Waals surface area contributed by atoms with Crippen molar-refractivity contribution in [2.45, 2.75) is 13.0 Å². The number of carbonyl (C=O) groups is 2. The minimum absolute atomic E-state index is 0.0279. The minimum atomic E-state index is -0.995. The highest BCUT2D eigenvalue weighted by Crippen LogP contribution is 2.08. The van der Waals surface area contributed by atoms with E-state index in [1.165, 1.54) is 18.2 Å². The van der Waals surface area contributed by atoms with E-state index in [9.17, 15) is 14.0 Å². The second kappa shape index (κ2) is 6.65. The molecule has 0 spiro atoms. The number of rotatable bonds is 5. The minimum Gasteiger partial charge on any atom is -0.478 e. The van der Waals surface area contributed by atoms with Crippen molar-refractivity contribution in [2.24, 2.45) is 0 Å². The number of halogens is 1. The highest BCUT2D eigenvalue weighted by atomic mass is 19.1. The Morgan fingerprint density at radius 3 is 2.33 bits per heavy atom. The predicted molar refractivity (Wildman–Crippen MR) is 75.4 cm³/mol. The van der Waals surface area contributed by atoms with Crippen LogP contribution in [0, 0.1) is 5.82 Å². The third kappa shape index (κ3) is 4.14. The molecule has 108 valence electrons. The van der Waals surface area contributed by atoms with Crippen LogP contribution in [-0.2, 0) is 17.8 Å². The first-order valence-electron chi connectivity index (χ1n) is 6.38. The average molecular weight is 287 g/mol. The highest BCUT2D eigenvalue weighted by Gasteiger charge is 2.07. The van der Waals surface area contributed by atoms with Gasteiger partial charge in [-0.1, -0.05) is 30.3 Å². The number of aromatic carboxylic acids is 1. The Bertz CT molecular complexity index is 653. The molecular weight excluding hydrogens is 273 g/mol. The molecule has 0 heterocycles. The Labute approximate surface area is 121 Å². The van der Waals surface area contributed by atoms with Crippen molar-refractivity contribution in [3.8, 4) is 0 Å². The molecule has 0 unspecified atom stereocenters. The van der Waals surface area contributed by atoms with Crippen molar-refractivity contribution < 1.29 is 19.1 Å². The molecule has 0 bridgehead atoms. The Morgan fingerprint density at radius 2 is 1.71 bits per heavy atom. The van der Waals surface area contributed by atoms with Gasteiger partial charge in [-0.3, -0.25) is 4.79 Å². The summed E-state index contributed by atoms with van der Waals surface area (Å²) < 4.78 is 13.4. The first kappa shape index (κ1) is 14.7. The molecule has 0 aliphatic heterocycles. The number of nitrogens with one attached hydrogen (secondary N) is 1. The van der Waals surface area contributed by atoms with Gasteiger partial charge >= 0.3 is 5.97 Å². The number of benzene rings is 2. The van der Waals surface area contributed by atoms with E-state index in [2.05, 4.69) is 5.32 Å². The molecule has 2 rings (SSSR count). The summed E-state index contributed by atoms with van der Waals surface area (Å²) in [7, 11) is 0. The van der Waals surface area contributed by atoms with Gasteiger partial charge in [-0.05, 0) is 29.3 Å². The van der Waals surface area contributed by atoms with Gasteiger partial charge in [0.25, 0.3) is 0 Å². The summed E-state index contributed by atoms with van der Waals surface area (Å²) in [5.74, 6) is -1.69. The average Bonchev–Trinajstić information content (AvgIpc) is 2.48. The third-order valence-electron chi connectivity index (χ3n) is 3.00. The lowest BCUT2D eigenvalue weighted by atomic mass is 10.1. The molecule has 0 radical (unpaired) electrons. The van der Waals surface area contributed by atoms with E-state index in [1.807, 2.05) is 0 Å². The van der Waals surface area contributed by atoms with Crippen LogP contribution in [0.25, 0.3) is 0 Å². The number of carboxylic acid groups (broad SMARTS) is 1. The van der Waals surface area contributed by atoms with Crippen LogP contribution in [0.4, 0.5) is 4.39 Å². The molecule has 4 nitrogen and oxygen atoms in total. The van der Waals surface area contributed by atoms with Gasteiger partial charge in [0, 0.05) is 6.54 Å². The number of hydrogen-bond donors (Lipinski definition) is 2. The number of amides is 1. The Kier molecular flexibility index (Phi) is 4.66. The largest absolute Gasteiger partial charge is 0.478 e. The summed E-state index contributed by atoms with van der Waals surface area (Å²) in [6.45, 7) is 0.271. The number of carbonyl (C=O) groups excluding carboxylic acids is 1. The van der Waals surface area contributed by atoms with Crippen molar-refractivity contribution in [3.05, 3.63) is 71.0 Å². The van der Waals surface area contributed by atoms with Gasteiger partial charge in [0.1, 0.15) is 5.82 Å². The van der Waals surface area contributed by atoms with Crippen LogP contribution in [-0.4, -0.2) is 17.0 Å². The molecule has 0 saturated heterocycles. The lowest BCUT2D eigenvalue weighted by Crippen LogP contribution is -2.24. The summed E-state index contributed by atoms with van der Waals surface area (Å²) in [6.07, 6.45) is -0.0279. The Morgan fingerprint density at radius 1 is 1.05 bits per heavy atom. The van der Waals surface area contributed by atoms with Crippen molar-refractivity contribution in [1.82, 2.24) is 5.32 Å². The van der Waals surface area contributed by atoms with Crippen LogP contribution in [0.5, 0.6) is 0 Å². The summed E-state index contributed by atoms with van der Waals surface area (Å²) in [5.41, 5.74) is 1.31. The maximum atomic E-state index is 13.4. The lowest BCUT2D eigenvalue weighted by Gasteiger charge is -2.06. The SMILES string of the molecule is O=C(Cc1ccccc1F)NCc1ccc(C(=O)O)cc1. The van der Waals surface area contributed by atoms with E-state index in [0.29, 0.717) is 5.56 Å². The van der Waals surface area contributed by atoms with E-state index in [0.717, 1.165) is 5.56 Å². The number of carboxylic acids is 1. The van der Waals surface area contributed by atoms with Crippen molar-refractivity contribution >= 4 is 11.9 Å². The van der Waals surface area contributed by atoms with E-state index < -0.39 is 11.8 Å². The molecule has 0 saturated carbocycles. The molecule has 0 fully saturated rings. The van der Waals surface area contributed by atoms with E-state index >= 15 is 0 Å².